The lowest BCUT2D eigenvalue weighted by atomic mass is 10.2. The topological polar surface area (TPSA) is 98.2 Å². The molecule has 3 aromatic heterocycles. The van der Waals surface area contributed by atoms with Crippen LogP contribution in [0.5, 0.6) is 0 Å². The lowest BCUT2D eigenvalue weighted by Crippen LogP contribution is -2.23. The van der Waals surface area contributed by atoms with E-state index in [0.29, 0.717) is 28.7 Å². The summed E-state index contributed by atoms with van der Waals surface area (Å²) in [7, 11) is 0. The maximum absolute atomic E-state index is 12.4. The number of rotatable bonds is 3. The molecule has 8 heteroatoms. The van der Waals surface area contributed by atoms with Gasteiger partial charge in [-0.15, -0.1) is 10.2 Å². The largest absolute Gasteiger partial charge is 0.424 e. The van der Waals surface area contributed by atoms with Crippen molar-refractivity contribution in [1.29, 1.82) is 0 Å². The molecule has 0 bridgehead atoms. The van der Waals surface area contributed by atoms with Gasteiger partial charge >= 0.3 is 0 Å². The van der Waals surface area contributed by atoms with Crippen LogP contribution in [-0.4, -0.2) is 30.7 Å². The average Bonchev–Trinajstić information content (AvgIpc) is 2.99. The number of carbonyl (C=O) groups is 1. The molecule has 0 atom stereocenters. The van der Waals surface area contributed by atoms with E-state index < -0.39 is 0 Å². The molecule has 114 valence electrons. The predicted octanol–water partition coefficient (Wildman–Crippen LogP) is 1.28. The lowest BCUT2D eigenvalue weighted by molar-refractivity contribution is 0.0948. The Labute approximate surface area is 126 Å². The van der Waals surface area contributed by atoms with E-state index in [0.717, 1.165) is 11.4 Å². The number of aromatic nitrogens is 5. The van der Waals surface area contributed by atoms with E-state index in [1.807, 2.05) is 19.9 Å². The van der Waals surface area contributed by atoms with Crippen LogP contribution in [-0.2, 0) is 6.54 Å². The standard InChI is InChI=1S/C14H16N6O2/c1-7-5-8(2)20-13(16-7)12(9(3)19-20)14(21)15-6-11-18-17-10(4)22-11/h5H,6H2,1-4H3,(H,15,21). The summed E-state index contributed by atoms with van der Waals surface area (Å²) >= 11 is 0. The van der Waals surface area contributed by atoms with Crippen molar-refractivity contribution in [3.8, 4) is 0 Å². The summed E-state index contributed by atoms with van der Waals surface area (Å²) in [6, 6.07) is 1.92. The van der Waals surface area contributed by atoms with Gasteiger partial charge in [-0.05, 0) is 26.8 Å². The van der Waals surface area contributed by atoms with Gasteiger partial charge in [0, 0.05) is 18.3 Å². The second kappa shape index (κ2) is 5.21. The van der Waals surface area contributed by atoms with Gasteiger partial charge in [-0.3, -0.25) is 4.79 Å². The number of carbonyl (C=O) groups excluding carboxylic acids is 1. The van der Waals surface area contributed by atoms with Gasteiger partial charge in [0.15, 0.2) is 5.65 Å². The molecule has 0 aliphatic rings. The highest BCUT2D eigenvalue weighted by atomic mass is 16.4. The molecular weight excluding hydrogens is 284 g/mol. The molecule has 1 N–H and O–H groups in total. The molecule has 0 spiro atoms. The number of aryl methyl sites for hydroxylation is 4. The molecule has 3 heterocycles. The summed E-state index contributed by atoms with van der Waals surface area (Å²) in [5.41, 5.74) is 3.40. The average molecular weight is 300 g/mol. The van der Waals surface area contributed by atoms with Crippen LogP contribution < -0.4 is 5.32 Å². The Bertz CT molecular complexity index is 864. The van der Waals surface area contributed by atoms with Gasteiger partial charge in [0.05, 0.1) is 12.2 Å². The Morgan fingerprint density at radius 3 is 2.73 bits per heavy atom. The Morgan fingerprint density at radius 2 is 2.05 bits per heavy atom. The molecule has 0 aromatic carbocycles. The Kier molecular flexibility index (Phi) is 3.36. The maximum Gasteiger partial charge on any atom is 0.257 e. The first-order valence-electron chi connectivity index (χ1n) is 6.86. The molecular formula is C14H16N6O2. The van der Waals surface area contributed by atoms with Gasteiger partial charge in [-0.25, -0.2) is 9.50 Å². The highest BCUT2D eigenvalue weighted by Gasteiger charge is 2.20. The molecule has 3 aromatic rings. The fraction of sp³-hybridized carbons (Fsp3) is 0.357. The summed E-state index contributed by atoms with van der Waals surface area (Å²) in [4.78, 5) is 16.9. The Balaban J connectivity index is 1.92. The van der Waals surface area contributed by atoms with E-state index in [1.54, 1.807) is 18.4 Å². The van der Waals surface area contributed by atoms with Crippen molar-refractivity contribution in [3.63, 3.8) is 0 Å². The molecule has 0 radical (unpaired) electrons. The van der Waals surface area contributed by atoms with Crippen LogP contribution in [0.3, 0.4) is 0 Å². The quantitative estimate of drug-likeness (QED) is 0.782. The molecule has 0 unspecified atom stereocenters. The first kappa shape index (κ1) is 14.2. The van der Waals surface area contributed by atoms with Gasteiger partial charge < -0.3 is 9.73 Å². The van der Waals surface area contributed by atoms with Gasteiger partial charge in [0.2, 0.25) is 11.8 Å². The third-order valence-electron chi connectivity index (χ3n) is 3.27. The van der Waals surface area contributed by atoms with Crippen LogP contribution >= 0.6 is 0 Å². The Hall–Kier alpha value is -2.77. The SMILES string of the molecule is Cc1cc(C)n2nc(C)c(C(=O)NCc3nnc(C)o3)c2n1. The van der Waals surface area contributed by atoms with Crippen LogP contribution in [0.25, 0.3) is 5.65 Å². The summed E-state index contributed by atoms with van der Waals surface area (Å²) in [5.74, 6) is 0.561. The maximum atomic E-state index is 12.4. The van der Waals surface area contributed by atoms with Gasteiger partial charge in [0.25, 0.3) is 5.91 Å². The van der Waals surface area contributed by atoms with E-state index in [9.17, 15) is 4.79 Å². The Morgan fingerprint density at radius 1 is 1.27 bits per heavy atom. The highest BCUT2D eigenvalue weighted by molar-refractivity contribution is 6.01. The molecule has 0 aliphatic carbocycles. The number of nitrogens with one attached hydrogen (secondary N) is 1. The number of nitrogens with zero attached hydrogens (tertiary/aromatic N) is 5. The monoisotopic (exact) mass is 300 g/mol. The normalized spacial score (nSPS) is 11.1. The fourth-order valence-corrected chi connectivity index (χ4v) is 2.35. The molecule has 0 fully saturated rings. The minimum absolute atomic E-state index is 0.168. The van der Waals surface area contributed by atoms with E-state index in [1.165, 1.54) is 0 Å². The van der Waals surface area contributed by atoms with Crippen LogP contribution in [0, 0.1) is 27.7 Å². The molecule has 0 saturated heterocycles. The van der Waals surface area contributed by atoms with Gasteiger partial charge in [-0.1, -0.05) is 0 Å². The minimum Gasteiger partial charge on any atom is -0.424 e. The lowest BCUT2D eigenvalue weighted by Gasteiger charge is -2.03. The van der Waals surface area contributed by atoms with Crippen LogP contribution in [0.4, 0.5) is 0 Å². The van der Waals surface area contributed by atoms with Crippen molar-refractivity contribution < 1.29 is 9.21 Å². The van der Waals surface area contributed by atoms with E-state index in [4.69, 9.17) is 4.42 Å². The van der Waals surface area contributed by atoms with Crippen LogP contribution in [0.2, 0.25) is 0 Å². The van der Waals surface area contributed by atoms with Crippen molar-refractivity contribution in [2.45, 2.75) is 34.2 Å². The summed E-state index contributed by atoms with van der Waals surface area (Å²) in [5, 5.41) is 14.7. The molecule has 0 aliphatic heterocycles. The molecule has 1 amide bonds. The minimum atomic E-state index is -0.263. The van der Waals surface area contributed by atoms with E-state index in [2.05, 4.69) is 25.6 Å². The summed E-state index contributed by atoms with van der Waals surface area (Å²) < 4.78 is 6.91. The third kappa shape index (κ3) is 2.43. The first-order valence-corrected chi connectivity index (χ1v) is 6.86. The number of hydrogen-bond acceptors (Lipinski definition) is 6. The molecule has 0 saturated carbocycles. The van der Waals surface area contributed by atoms with Gasteiger partial charge in [-0.2, -0.15) is 5.10 Å². The van der Waals surface area contributed by atoms with Crippen LogP contribution in [0.1, 0.15) is 39.2 Å². The number of hydrogen-bond donors (Lipinski definition) is 1. The molecule has 3 rings (SSSR count). The first-order chi connectivity index (χ1) is 10.5. The van der Waals surface area contributed by atoms with Crippen molar-refractivity contribution >= 4 is 11.6 Å². The predicted molar refractivity (Wildman–Crippen MR) is 77.4 cm³/mol. The second-order valence-electron chi connectivity index (χ2n) is 5.13. The molecule has 8 nitrogen and oxygen atoms in total. The summed E-state index contributed by atoms with van der Waals surface area (Å²) in [6.45, 7) is 7.47. The zero-order valence-electron chi connectivity index (χ0n) is 12.8. The zero-order valence-corrected chi connectivity index (χ0v) is 12.8. The van der Waals surface area contributed by atoms with Crippen molar-refractivity contribution in [2.75, 3.05) is 0 Å². The van der Waals surface area contributed by atoms with Crippen LogP contribution in [0.15, 0.2) is 10.5 Å². The second-order valence-corrected chi connectivity index (χ2v) is 5.13. The zero-order chi connectivity index (χ0) is 15.9. The van der Waals surface area contributed by atoms with Crippen molar-refractivity contribution in [3.05, 3.63) is 40.5 Å². The fourth-order valence-electron chi connectivity index (χ4n) is 2.35. The number of amides is 1. The van der Waals surface area contributed by atoms with Crippen molar-refractivity contribution in [2.24, 2.45) is 0 Å². The highest BCUT2D eigenvalue weighted by Crippen LogP contribution is 2.16. The number of fused-ring (bicyclic) bond motifs is 1. The summed E-state index contributed by atoms with van der Waals surface area (Å²) in [6.07, 6.45) is 0. The van der Waals surface area contributed by atoms with Gasteiger partial charge in [0.1, 0.15) is 5.56 Å². The smallest absolute Gasteiger partial charge is 0.257 e. The third-order valence-corrected chi connectivity index (χ3v) is 3.27. The molecule has 22 heavy (non-hydrogen) atoms. The van der Waals surface area contributed by atoms with E-state index in [-0.39, 0.29) is 12.5 Å². The van der Waals surface area contributed by atoms with Crippen molar-refractivity contribution in [1.82, 2.24) is 30.1 Å². The van der Waals surface area contributed by atoms with E-state index >= 15 is 0 Å².